The zero-order valence-electron chi connectivity index (χ0n) is 14.4. The smallest absolute Gasteiger partial charge is 0.262 e. The molecule has 0 saturated carbocycles. The Hall–Kier alpha value is -3.14. The molecular weight excluding hydrogens is 392 g/mol. The fourth-order valence-electron chi connectivity index (χ4n) is 2.74. The first-order valence-corrected chi connectivity index (χ1v) is 9.78. The van der Waals surface area contributed by atoms with Crippen molar-refractivity contribution in [2.75, 3.05) is 11.3 Å². The number of anilines is 1. The summed E-state index contributed by atoms with van der Waals surface area (Å²) in [6.07, 6.45) is 2.49. The lowest BCUT2D eigenvalue weighted by molar-refractivity contribution is 0.0759. The van der Waals surface area contributed by atoms with Gasteiger partial charge < -0.3 is 9.47 Å². The first-order valence-electron chi connectivity index (χ1n) is 8.29. The summed E-state index contributed by atoms with van der Waals surface area (Å²) in [5.41, 5.74) is 0.182. The molecule has 1 atom stereocenters. The second kappa shape index (κ2) is 7.12. The van der Waals surface area contributed by atoms with Gasteiger partial charge in [0.2, 0.25) is 0 Å². The van der Waals surface area contributed by atoms with Gasteiger partial charge in [-0.2, -0.15) is 5.10 Å². The molecule has 0 aliphatic carbocycles. The highest BCUT2D eigenvalue weighted by Crippen LogP contribution is 2.31. The van der Waals surface area contributed by atoms with Crippen LogP contribution in [0.1, 0.15) is 0 Å². The molecule has 0 fully saturated rings. The summed E-state index contributed by atoms with van der Waals surface area (Å²) in [4.78, 5) is -0.389. The first kappa shape index (κ1) is 18.2. The number of sulfonamides is 1. The van der Waals surface area contributed by atoms with Crippen LogP contribution in [0.4, 0.5) is 14.5 Å². The molecule has 0 amide bonds. The van der Waals surface area contributed by atoms with Gasteiger partial charge in [0, 0.05) is 6.20 Å². The van der Waals surface area contributed by atoms with E-state index < -0.39 is 21.7 Å². The highest BCUT2D eigenvalue weighted by atomic mass is 32.2. The summed E-state index contributed by atoms with van der Waals surface area (Å²) in [6, 6.07) is 9.65. The van der Waals surface area contributed by atoms with E-state index in [1.807, 2.05) is 18.2 Å². The van der Waals surface area contributed by atoms with Gasteiger partial charge in [-0.15, -0.1) is 0 Å². The van der Waals surface area contributed by atoms with Crippen molar-refractivity contribution in [1.29, 1.82) is 0 Å². The van der Waals surface area contributed by atoms with Crippen LogP contribution in [0.3, 0.4) is 0 Å². The molecule has 2 aromatic carbocycles. The maximum atomic E-state index is 13.3. The largest absolute Gasteiger partial charge is 0.486 e. The lowest BCUT2D eigenvalue weighted by Crippen LogP contribution is -2.33. The van der Waals surface area contributed by atoms with Gasteiger partial charge in [0.05, 0.1) is 23.3 Å². The molecule has 146 valence electrons. The van der Waals surface area contributed by atoms with Crippen LogP contribution in [0.25, 0.3) is 0 Å². The Labute approximate surface area is 159 Å². The normalized spacial score (nSPS) is 16.0. The lowest BCUT2D eigenvalue weighted by atomic mass is 10.2. The molecule has 0 spiro atoms. The van der Waals surface area contributed by atoms with E-state index >= 15 is 0 Å². The van der Waals surface area contributed by atoms with Crippen molar-refractivity contribution in [2.24, 2.45) is 0 Å². The molecule has 1 aliphatic heterocycles. The number of ether oxygens (including phenoxy) is 2. The van der Waals surface area contributed by atoms with Crippen LogP contribution in [0.15, 0.2) is 59.8 Å². The third kappa shape index (κ3) is 3.77. The molecule has 7 nitrogen and oxygen atoms in total. The van der Waals surface area contributed by atoms with Gasteiger partial charge in [-0.3, -0.25) is 9.40 Å². The van der Waals surface area contributed by atoms with E-state index in [1.54, 1.807) is 6.07 Å². The number of benzene rings is 2. The average molecular weight is 407 g/mol. The van der Waals surface area contributed by atoms with Gasteiger partial charge in [0.25, 0.3) is 10.0 Å². The van der Waals surface area contributed by atoms with E-state index in [9.17, 15) is 17.2 Å². The minimum Gasteiger partial charge on any atom is -0.486 e. The molecule has 1 N–H and O–H groups in total. The van der Waals surface area contributed by atoms with Crippen LogP contribution in [0.5, 0.6) is 11.5 Å². The van der Waals surface area contributed by atoms with E-state index in [4.69, 9.17) is 9.47 Å². The molecular formula is C18H15F2N3O4S. The molecule has 1 aromatic heterocycles. The van der Waals surface area contributed by atoms with Gasteiger partial charge in [-0.05, 0) is 30.3 Å². The number of aromatic nitrogens is 2. The average Bonchev–Trinajstić information content (AvgIpc) is 3.09. The topological polar surface area (TPSA) is 82.5 Å². The molecule has 10 heteroatoms. The Morgan fingerprint density at radius 2 is 1.93 bits per heavy atom. The first-order chi connectivity index (χ1) is 13.4. The van der Waals surface area contributed by atoms with Crippen LogP contribution in [0.2, 0.25) is 0 Å². The van der Waals surface area contributed by atoms with Crippen LogP contribution in [0, 0.1) is 11.6 Å². The van der Waals surface area contributed by atoms with Crippen LogP contribution >= 0.6 is 0 Å². The minimum absolute atomic E-state index is 0.182. The van der Waals surface area contributed by atoms with Gasteiger partial charge in [0.1, 0.15) is 6.61 Å². The van der Waals surface area contributed by atoms with Gasteiger partial charge in [-0.1, -0.05) is 12.1 Å². The Balaban J connectivity index is 1.44. The van der Waals surface area contributed by atoms with Crippen molar-refractivity contribution >= 4 is 15.7 Å². The minimum atomic E-state index is -4.08. The van der Waals surface area contributed by atoms with E-state index in [-0.39, 0.29) is 16.7 Å². The van der Waals surface area contributed by atoms with Crippen LogP contribution < -0.4 is 14.2 Å². The third-order valence-corrected chi connectivity index (χ3v) is 5.42. The molecule has 0 radical (unpaired) electrons. The number of nitrogens with zero attached hydrogens (tertiary/aromatic N) is 2. The van der Waals surface area contributed by atoms with Crippen LogP contribution in [-0.2, 0) is 16.6 Å². The summed E-state index contributed by atoms with van der Waals surface area (Å²) in [5.74, 6) is -1.07. The summed E-state index contributed by atoms with van der Waals surface area (Å²) in [7, 11) is -4.08. The summed E-state index contributed by atoms with van der Waals surface area (Å²) >= 11 is 0. The Kier molecular flexibility index (Phi) is 4.63. The molecule has 1 unspecified atom stereocenters. The van der Waals surface area contributed by atoms with E-state index in [0.29, 0.717) is 30.7 Å². The maximum Gasteiger partial charge on any atom is 0.262 e. The van der Waals surface area contributed by atoms with Gasteiger partial charge in [-0.25, -0.2) is 17.2 Å². The number of fused-ring (bicyclic) bond motifs is 1. The highest BCUT2D eigenvalue weighted by molar-refractivity contribution is 7.92. The van der Waals surface area contributed by atoms with Gasteiger partial charge >= 0.3 is 0 Å². The fourth-order valence-corrected chi connectivity index (χ4v) is 3.78. The van der Waals surface area contributed by atoms with Crippen molar-refractivity contribution in [2.45, 2.75) is 17.5 Å². The lowest BCUT2D eigenvalue weighted by Gasteiger charge is -2.26. The van der Waals surface area contributed by atoms with Crippen molar-refractivity contribution in [3.05, 3.63) is 66.5 Å². The van der Waals surface area contributed by atoms with Crippen molar-refractivity contribution in [3.8, 4) is 11.5 Å². The zero-order valence-corrected chi connectivity index (χ0v) is 15.2. The number of hydrogen-bond donors (Lipinski definition) is 1. The predicted molar refractivity (Wildman–Crippen MR) is 95.7 cm³/mol. The SMILES string of the molecule is O=S(=O)(Nc1cnn(CC2COc3ccccc3O2)c1)c1ccc(F)c(F)c1. The molecule has 0 bridgehead atoms. The number of nitrogens with one attached hydrogen (secondary N) is 1. The number of para-hydroxylation sites is 2. The Bertz CT molecular complexity index is 1120. The van der Waals surface area contributed by atoms with Crippen molar-refractivity contribution in [3.63, 3.8) is 0 Å². The zero-order chi connectivity index (χ0) is 19.7. The number of hydrogen-bond acceptors (Lipinski definition) is 5. The van der Waals surface area contributed by atoms with Gasteiger partial charge in [0.15, 0.2) is 29.2 Å². The van der Waals surface area contributed by atoms with Crippen molar-refractivity contribution in [1.82, 2.24) is 9.78 Å². The second-order valence-corrected chi connectivity index (χ2v) is 7.81. The highest BCUT2D eigenvalue weighted by Gasteiger charge is 2.22. The summed E-state index contributed by atoms with van der Waals surface area (Å²) in [5, 5.41) is 4.10. The summed E-state index contributed by atoms with van der Waals surface area (Å²) < 4.78 is 66.2. The maximum absolute atomic E-state index is 13.3. The molecule has 1 aliphatic rings. The fraction of sp³-hybridized carbons (Fsp3) is 0.167. The number of halogens is 2. The molecule has 28 heavy (non-hydrogen) atoms. The standard InChI is InChI=1S/C18H15F2N3O4S/c19-15-6-5-14(7-16(15)20)28(24,25)22-12-8-21-23(9-12)10-13-11-26-17-3-1-2-4-18(17)27-13/h1-9,13,22H,10-11H2. The predicted octanol–water partition coefficient (Wildman–Crippen LogP) is 2.80. The Morgan fingerprint density at radius 3 is 2.71 bits per heavy atom. The molecule has 0 saturated heterocycles. The molecule has 2 heterocycles. The van der Waals surface area contributed by atoms with Crippen LogP contribution in [-0.4, -0.2) is 30.9 Å². The molecule has 3 aromatic rings. The van der Waals surface area contributed by atoms with E-state index in [0.717, 1.165) is 12.1 Å². The molecule has 4 rings (SSSR count). The third-order valence-electron chi connectivity index (χ3n) is 4.05. The van der Waals surface area contributed by atoms with E-state index in [1.165, 1.54) is 17.1 Å². The number of rotatable bonds is 5. The summed E-state index contributed by atoms with van der Waals surface area (Å²) in [6.45, 7) is 0.661. The monoisotopic (exact) mass is 407 g/mol. The van der Waals surface area contributed by atoms with Crippen molar-refractivity contribution < 1.29 is 26.7 Å². The quantitative estimate of drug-likeness (QED) is 0.703. The van der Waals surface area contributed by atoms with E-state index in [2.05, 4.69) is 9.82 Å². The Morgan fingerprint density at radius 1 is 1.14 bits per heavy atom. The second-order valence-electron chi connectivity index (χ2n) is 6.13.